The van der Waals surface area contributed by atoms with Crippen LogP contribution in [0.5, 0.6) is 0 Å². The average molecular weight is 414 g/mol. The highest BCUT2D eigenvalue weighted by Crippen LogP contribution is 2.20. The number of carbonyl (C=O) groups excluding carboxylic acids is 1. The molecule has 2 aromatic carbocycles. The molecule has 0 aromatic heterocycles. The van der Waals surface area contributed by atoms with Crippen LogP contribution in [0.3, 0.4) is 0 Å². The van der Waals surface area contributed by atoms with E-state index in [0.29, 0.717) is 38.3 Å². The van der Waals surface area contributed by atoms with Crippen molar-refractivity contribution < 1.29 is 13.2 Å². The van der Waals surface area contributed by atoms with Crippen molar-refractivity contribution in [1.82, 2.24) is 14.5 Å². The van der Waals surface area contributed by atoms with Gasteiger partial charge < -0.3 is 5.32 Å². The van der Waals surface area contributed by atoms with Crippen molar-refractivity contribution in [1.29, 1.82) is 0 Å². The van der Waals surface area contributed by atoms with Gasteiger partial charge in [0.2, 0.25) is 10.0 Å². The number of hydrogen-bond donors (Lipinski definition) is 1. The lowest BCUT2D eigenvalue weighted by atomic mass is 10.1. The minimum absolute atomic E-state index is 0.149. The Morgan fingerprint density at radius 2 is 1.83 bits per heavy atom. The molecule has 1 heterocycles. The Balaban J connectivity index is 1.66. The molecule has 1 saturated heterocycles. The van der Waals surface area contributed by atoms with Crippen LogP contribution in [0.2, 0.25) is 0 Å². The molecule has 0 unspecified atom stereocenters. The number of nitrogens with zero attached hydrogens (tertiary/aromatic N) is 2. The second kappa shape index (κ2) is 9.35. The summed E-state index contributed by atoms with van der Waals surface area (Å²) in [5, 5.41) is 2.67. The molecule has 1 aliphatic rings. The van der Waals surface area contributed by atoms with Crippen LogP contribution in [0.25, 0.3) is 0 Å². The number of aryl methyl sites for hydroxylation is 1. The smallest absolute Gasteiger partial charge is 0.251 e. The van der Waals surface area contributed by atoms with Crippen LogP contribution in [0.4, 0.5) is 0 Å². The van der Waals surface area contributed by atoms with Crippen LogP contribution in [0.1, 0.15) is 21.5 Å². The lowest BCUT2D eigenvalue weighted by Crippen LogP contribution is -2.48. The quantitative estimate of drug-likeness (QED) is 0.708. The summed E-state index contributed by atoms with van der Waals surface area (Å²) >= 11 is 0. The molecule has 0 aliphatic carbocycles. The molecule has 2 aromatic rings. The van der Waals surface area contributed by atoms with E-state index in [4.69, 9.17) is 0 Å². The van der Waals surface area contributed by atoms with Crippen LogP contribution < -0.4 is 5.32 Å². The van der Waals surface area contributed by atoms with Gasteiger partial charge in [0.1, 0.15) is 0 Å². The third kappa shape index (κ3) is 5.12. The highest BCUT2D eigenvalue weighted by atomic mass is 32.2. The number of nitrogens with one attached hydrogen (secondary N) is 1. The van der Waals surface area contributed by atoms with Gasteiger partial charge in [0.15, 0.2) is 0 Å². The maximum atomic E-state index is 13.1. The van der Waals surface area contributed by atoms with Gasteiger partial charge in [-0.25, -0.2) is 8.42 Å². The maximum Gasteiger partial charge on any atom is 0.251 e. The van der Waals surface area contributed by atoms with E-state index in [-0.39, 0.29) is 10.8 Å². The van der Waals surface area contributed by atoms with Crippen molar-refractivity contribution >= 4 is 15.9 Å². The summed E-state index contributed by atoms with van der Waals surface area (Å²) in [6.45, 7) is 9.01. The number of sulfonamides is 1. The molecule has 0 atom stereocenters. The minimum atomic E-state index is -3.64. The van der Waals surface area contributed by atoms with Crippen molar-refractivity contribution in [3.8, 4) is 0 Å². The van der Waals surface area contributed by atoms with Crippen LogP contribution in [0, 0.1) is 6.92 Å². The van der Waals surface area contributed by atoms with E-state index < -0.39 is 10.0 Å². The topological polar surface area (TPSA) is 69.7 Å². The van der Waals surface area contributed by atoms with E-state index in [0.717, 1.165) is 6.54 Å². The van der Waals surface area contributed by atoms with E-state index >= 15 is 0 Å². The monoisotopic (exact) mass is 413 g/mol. The first kappa shape index (κ1) is 21.2. The van der Waals surface area contributed by atoms with Crippen LogP contribution >= 0.6 is 0 Å². The Morgan fingerprint density at radius 3 is 2.52 bits per heavy atom. The Kier molecular flexibility index (Phi) is 6.84. The fourth-order valence-electron chi connectivity index (χ4n) is 3.37. The van der Waals surface area contributed by atoms with E-state index in [1.807, 2.05) is 12.1 Å². The van der Waals surface area contributed by atoms with Crippen molar-refractivity contribution in [2.24, 2.45) is 0 Å². The Labute approximate surface area is 172 Å². The summed E-state index contributed by atoms with van der Waals surface area (Å²) in [6.07, 6.45) is 1.58. The largest absolute Gasteiger partial charge is 0.349 e. The molecule has 1 N–H and O–H groups in total. The Bertz CT molecular complexity index is 980. The molecule has 0 spiro atoms. The van der Waals surface area contributed by atoms with Gasteiger partial charge in [-0.1, -0.05) is 36.4 Å². The van der Waals surface area contributed by atoms with E-state index in [9.17, 15) is 13.2 Å². The van der Waals surface area contributed by atoms with Gasteiger partial charge in [-0.3, -0.25) is 9.69 Å². The van der Waals surface area contributed by atoms with Crippen molar-refractivity contribution in [2.45, 2.75) is 18.4 Å². The Morgan fingerprint density at radius 1 is 1.10 bits per heavy atom. The fraction of sp³-hybridized carbons (Fsp3) is 0.318. The van der Waals surface area contributed by atoms with E-state index in [1.165, 1.54) is 21.5 Å². The van der Waals surface area contributed by atoms with Crippen molar-refractivity contribution in [3.05, 3.63) is 77.9 Å². The fourth-order valence-corrected chi connectivity index (χ4v) is 4.84. The number of piperazine rings is 1. The summed E-state index contributed by atoms with van der Waals surface area (Å²) in [4.78, 5) is 14.5. The first-order chi connectivity index (χ1) is 13.9. The van der Waals surface area contributed by atoms with Crippen LogP contribution in [-0.2, 0) is 16.6 Å². The van der Waals surface area contributed by atoms with Crippen LogP contribution in [-0.4, -0.2) is 56.3 Å². The molecule has 1 fully saturated rings. The second-order valence-corrected chi connectivity index (χ2v) is 9.07. The molecule has 3 rings (SSSR count). The summed E-state index contributed by atoms with van der Waals surface area (Å²) in [6, 6.07) is 14.4. The highest BCUT2D eigenvalue weighted by Gasteiger charge is 2.29. The summed E-state index contributed by atoms with van der Waals surface area (Å²) < 4.78 is 27.6. The zero-order valence-corrected chi connectivity index (χ0v) is 17.5. The normalized spacial score (nSPS) is 15.8. The number of carbonyl (C=O) groups is 1. The van der Waals surface area contributed by atoms with Crippen LogP contribution in [0.15, 0.2) is 66.1 Å². The van der Waals surface area contributed by atoms with Gasteiger partial charge in [0.05, 0.1) is 4.90 Å². The van der Waals surface area contributed by atoms with Gasteiger partial charge in [-0.2, -0.15) is 4.31 Å². The van der Waals surface area contributed by atoms with Gasteiger partial charge in [-0.05, 0) is 36.2 Å². The molecule has 1 aliphatic heterocycles. The van der Waals surface area contributed by atoms with E-state index in [2.05, 4.69) is 35.9 Å². The second-order valence-electron chi connectivity index (χ2n) is 7.13. The lowest BCUT2D eigenvalue weighted by molar-refractivity contribution is 0.0958. The standard InChI is InChI=1S/C22H27N3O3S/c1-3-11-23-22(26)19-9-6-10-21(16-19)29(27,28)25-14-12-24(13-15-25)17-20-8-5-4-7-18(20)2/h3-10,16H,1,11-15,17H2,2H3,(H,23,26). The van der Waals surface area contributed by atoms with Crippen molar-refractivity contribution in [2.75, 3.05) is 32.7 Å². The summed E-state index contributed by atoms with van der Waals surface area (Å²) in [5.41, 5.74) is 2.84. The average Bonchev–Trinajstić information content (AvgIpc) is 2.74. The minimum Gasteiger partial charge on any atom is -0.349 e. The zero-order valence-electron chi connectivity index (χ0n) is 16.7. The van der Waals surface area contributed by atoms with Gasteiger partial charge >= 0.3 is 0 Å². The molecule has 7 heteroatoms. The molecular weight excluding hydrogens is 386 g/mol. The number of hydrogen-bond acceptors (Lipinski definition) is 4. The number of rotatable bonds is 7. The number of benzene rings is 2. The van der Waals surface area contributed by atoms with E-state index in [1.54, 1.807) is 24.3 Å². The first-order valence-electron chi connectivity index (χ1n) is 9.68. The number of amides is 1. The molecular formula is C22H27N3O3S. The van der Waals surface area contributed by atoms with Gasteiger partial charge in [0.25, 0.3) is 5.91 Å². The predicted molar refractivity (Wildman–Crippen MR) is 114 cm³/mol. The summed E-state index contributed by atoms with van der Waals surface area (Å²) in [7, 11) is -3.64. The SMILES string of the molecule is C=CCNC(=O)c1cccc(S(=O)(=O)N2CCN(Cc3ccccc3C)CC2)c1. The molecule has 0 saturated carbocycles. The third-order valence-corrected chi connectivity index (χ3v) is 7.02. The molecule has 1 amide bonds. The molecule has 29 heavy (non-hydrogen) atoms. The van der Waals surface area contributed by atoms with Gasteiger partial charge in [0, 0.05) is 44.8 Å². The Hall–Kier alpha value is -2.48. The molecule has 0 bridgehead atoms. The lowest BCUT2D eigenvalue weighted by Gasteiger charge is -2.34. The summed E-state index contributed by atoms with van der Waals surface area (Å²) in [5.74, 6) is -0.315. The highest BCUT2D eigenvalue weighted by molar-refractivity contribution is 7.89. The molecule has 154 valence electrons. The maximum absolute atomic E-state index is 13.1. The van der Waals surface area contributed by atoms with Gasteiger partial charge in [-0.15, -0.1) is 6.58 Å². The molecule has 6 nitrogen and oxygen atoms in total. The third-order valence-electron chi connectivity index (χ3n) is 5.13. The predicted octanol–water partition coefficient (Wildman–Crippen LogP) is 2.42. The first-order valence-corrected chi connectivity index (χ1v) is 11.1. The zero-order chi connectivity index (χ0) is 20.9. The van der Waals surface area contributed by atoms with Crippen molar-refractivity contribution in [3.63, 3.8) is 0 Å². The molecule has 0 radical (unpaired) electrons.